The molecule has 0 aliphatic heterocycles. The second-order valence-corrected chi connectivity index (χ2v) is 6.16. The number of hydrogen-bond acceptors (Lipinski definition) is 4. The van der Waals surface area contributed by atoms with Gasteiger partial charge in [0, 0.05) is 19.3 Å². The van der Waals surface area contributed by atoms with Gasteiger partial charge in [0.15, 0.2) is 0 Å². The van der Waals surface area contributed by atoms with Crippen LogP contribution in [0.2, 0.25) is 0 Å². The molecule has 6 heteroatoms. The van der Waals surface area contributed by atoms with Crippen molar-refractivity contribution < 1.29 is 13.5 Å². The molecule has 17 heavy (non-hydrogen) atoms. The number of anilines is 1. The summed E-state index contributed by atoms with van der Waals surface area (Å²) in [7, 11) is -1.99. The molecule has 3 N–H and O–H groups in total. The highest BCUT2D eigenvalue weighted by Gasteiger charge is 2.20. The van der Waals surface area contributed by atoms with E-state index in [2.05, 4.69) is 0 Å². The number of benzene rings is 1. The first-order valence-corrected chi connectivity index (χ1v) is 6.89. The zero-order valence-electron chi connectivity index (χ0n) is 10.00. The van der Waals surface area contributed by atoms with Crippen molar-refractivity contribution in [3.8, 4) is 0 Å². The summed E-state index contributed by atoms with van der Waals surface area (Å²) in [6.45, 7) is 1.62. The fraction of sp³-hybridized carbons (Fsp3) is 0.455. The van der Waals surface area contributed by atoms with Crippen molar-refractivity contribution in [3.05, 3.63) is 29.8 Å². The predicted octanol–water partition coefficient (Wildman–Crippen LogP) is 0.411. The zero-order valence-corrected chi connectivity index (χ0v) is 10.8. The van der Waals surface area contributed by atoms with Gasteiger partial charge in [-0.15, -0.1) is 0 Å². The molecule has 0 amide bonds. The molecule has 0 heterocycles. The molecule has 5 nitrogen and oxygen atoms in total. The maximum Gasteiger partial charge on any atom is 0.218 e. The smallest absolute Gasteiger partial charge is 0.218 e. The van der Waals surface area contributed by atoms with Crippen LogP contribution < -0.4 is 5.73 Å². The molecule has 1 atom stereocenters. The molecule has 0 aromatic heterocycles. The van der Waals surface area contributed by atoms with Gasteiger partial charge in [0.2, 0.25) is 10.0 Å². The van der Waals surface area contributed by atoms with Crippen LogP contribution in [0.5, 0.6) is 0 Å². The Hall–Kier alpha value is -1.11. The van der Waals surface area contributed by atoms with Crippen molar-refractivity contribution in [2.45, 2.75) is 18.8 Å². The molecule has 0 spiro atoms. The first kappa shape index (κ1) is 14.0. The summed E-state index contributed by atoms with van der Waals surface area (Å²) < 4.78 is 25.0. The summed E-state index contributed by atoms with van der Waals surface area (Å²) in [6, 6.07) is 6.85. The van der Waals surface area contributed by atoms with Crippen LogP contribution in [0.3, 0.4) is 0 Å². The zero-order chi connectivity index (χ0) is 13.1. The van der Waals surface area contributed by atoms with E-state index in [1.165, 1.54) is 7.05 Å². The van der Waals surface area contributed by atoms with Crippen molar-refractivity contribution in [3.63, 3.8) is 0 Å². The topological polar surface area (TPSA) is 83.6 Å². The monoisotopic (exact) mass is 258 g/mol. The third kappa shape index (κ3) is 3.99. The highest BCUT2D eigenvalue weighted by Crippen LogP contribution is 2.16. The molecule has 0 saturated carbocycles. The van der Waals surface area contributed by atoms with Crippen LogP contribution in [0.25, 0.3) is 0 Å². The summed E-state index contributed by atoms with van der Waals surface area (Å²) >= 11 is 0. The Labute approximate surface area is 102 Å². The van der Waals surface area contributed by atoms with Gasteiger partial charge in [0.05, 0.1) is 11.9 Å². The number of hydrogen-bond donors (Lipinski definition) is 2. The fourth-order valence-corrected chi connectivity index (χ4v) is 2.78. The van der Waals surface area contributed by atoms with Crippen molar-refractivity contribution in [2.24, 2.45) is 0 Å². The third-order valence-corrected chi connectivity index (χ3v) is 4.16. The lowest BCUT2D eigenvalue weighted by Crippen LogP contribution is -2.34. The summed E-state index contributed by atoms with van der Waals surface area (Å²) in [6.07, 6.45) is -0.692. The van der Waals surface area contributed by atoms with Crippen LogP contribution >= 0.6 is 0 Å². The summed E-state index contributed by atoms with van der Waals surface area (Å²) in [5.74, 6) is -0.150. The van der Waals surface area contributed by atoms with E-state index in [0.29, 0.717) is 11.3 Å². The molecule has 1 rings (SSSR count). The van der Waals surface area contributed by atoms with Gasteiger partial charge in [0.25, 0.3) is 0 Å². The Kier molecular flexibility index (Phi) is 4.50. The normalized spacial score (nSPS) is 13.9. The maximum atomic E-state index is 11.9. The van der Waals surface area contributed by atoms with Gasteiger partial charge in [-0.05, 0) is 18.6 Å². The van der Waals surface area contributed by atoms with Crippen LogP contribution in [0, 0.1) is 0 Å². The number of nitrogen functional groups attached to an aromatic ring is 1. The van der Waals surface area contributed by atoms with Gasteiger partial charge in [-0.25, -0.2) is 12.7 Å². The fourth-order valence-electron chi connectivity index (χ4n) is 1.46. The van der Waals surface area contributed by atoms with Crippen molar-refractivity contribution in [2.75, 3.05) is 19.3 Å². The highest BCUT2D eigenvalue weighted by molar-refractivity contribution is 7.88. The predicted molar refractivity (Wildman–Crippen MR) is 67.8 cm³/mol. The Morgan fingerprint density at radius 1 is 1.41 bits per heavy atom. The lowest BCUT2D eigenvalue weighted by molar-refractivity contribution is 0.171. The van der Waals surface area contributed by atoms with Crippen molar-refractivity contribution in [1.82, 2.24) is 4.31 Å². The SMILES string of the molecule is CC(O)CN(C)S(=O)(=O)Cc1ccccc1N. The average molecular weight is 258 g/mol. The number of rotatable bonds is 5. The number of aliphatic hydroxyl groups excluding tert-OH is 1. The molecular formula is C11H18N2O3S. The number of nitrogens with zero attached hydrogens (tertiary/aromatic N) is 1. The van der Waals surface area contributed by atoms with Crippen LogP contribution in [0.1, 0.15) is 12.5 Å². The van der Waals surface area contributed by atoms with Crippen LogP contribution in [-0.4, -0.2) is 37.5 Å². The van der Waals surface area contributed by atoms with Gasteiger partial charge < -0.3 is 10.8 Å². The number of para-hydroxylation sites is 1. The Morgan fingerprint density at radius 3 is 2.53 bits per heavy atom. The van der Waals surface area contributed by atoms with Crippen LogP contribution in [0.4, 0.5) is 5.69 Å². The van der Waals surface area contributed by atoms with Gasteiger partial charge in [0.1, 0.15) is 0 Å². The lowest BCUT2D eigenvalue weighted by Gasteiger charge is -2.19. The summed E-state index contributed by atoms with van der Waals surface area (Å²) in [5.41, 5.74) is 6.73. The molecule has 0 aliphatic carbocycles. The number of sulfonamides is 1. The standard InChI is InChI=1S/C11H18N2O3S/c1-9(14)7-13(2)17(15,16)8-10-5-3-4-6-11(10)12/h3-6,9,14H,7-8,12H2,1-2H3. The molecule has 96 valence electrons. The van der Waals surface area contributed by atoms with E-state index >= 15 is 0 Å². The number of aliphatic hydroxyl groups is 1. The summed E-state index contributed by atoms with van der Waals surface area (Å²) in [5, 5.41) is 9.18. The molecule has 0 fully saturated rings. The van der Waals surface area contributed by atoms with Crippen LogP contribution in [-0.2, 0) is 15.8 Å². The minimum atomic E-state index is -3.44. The second kappa shape index (κ2) is 5.48. The van der Waals surface area contributed by atoms with E-state index in [0.717, 1.165) is 4.31 Å². The molecule has 1 unspecified atom stereocenters. The maximum absolute atomic E-state index is 11.9. The summed E-state index contributed by atoms with van der Waals surface area (Å²) in [4.78, 5) is 0. The lowest BCUT2D eigenvalue weighted by atomic mass is 10.2. The van der Waals surface area contributed by atoms with Gasteiger partial charge in [-0.1, -0.05) is 18.2 Å². The Bertz CT molecular complexity index is 471. The Morgan fingerprint density at radius 2 is 2.00 bits per heavy atom. The van der Waals surface area contributed by atoms with Crippen LogP contribution in [0.15, 0.2) is 24.3 Å². The van der Waals surface area contributed by atoms with Gasteiger partial charge in [-0.2, -0.15) is 0 Å². The van der Waals surface area contributed by atoms with E-state index in [9.17, 15) is 13.5 Å². The molecule has 1 aromatic carbocycles. The quantitative estimate of drug-likeness (QED) is 0.749. The number of nitrogens with two attached hydrogens (primary N) is 1. The Balaban J connectivity index is 2.84. The molecule has 1 aromatic rings. The van der Waals surface area contributed by atoms with Crippen molar-refractivity contribution >= 4 is 15.7 Å². The molecular weight excluding hydrogens is 240 g/mol. The number of likely N-dealkylation sites (N-methyl/N-ethyl adjacent to an activating group) is 1. The highest BCUT2D eigenvalue weighted by atomic mass is 32.2. The van der Waals surface area contributed by atoms with E-state index in [1.54, 1.807) is 31.2 Å². The van der Waals surface area contributed by atoms with Crippen molar-refractivity contribution in [1.29, 1.82) is 0 Å². The second-order valence-electron chi connectivity index (χ2n) is 4.08. The molecule has 0 saturated heterocycles. The van der Waals surface area contributed by atoms with Gasteiger partial charge in [-0.3, -0.25) is 0 Å². The molecule has 0 bridgehead atoms. The molecule has 0 radical (unpaired) electrons. The molecule has 0 aliphatic rings. The van der Waals surface area contributed by atoms with E-state index in [1.807, 2.05) is 0 Å². The average Bonchev–Trinajstić information content (AvgIpc) is 2.20. The first-order valence-electron chi connectivity index (χ1n) is 5.28. The minimum absolute atomic E-state index is 0.0784. The third-order valence-electron chi connectivity index (χ3n) is 2.39. The minimum Gasteiger partial charge on any atom is -0.398 e. The van der Waals surface area contributed by atoms with Gasteiger partial charge >= 0.3 is 0 Å². The van der Waals surface area contributed by atoms with E-state index < -0.39 is 16.1 Å². The van der Waals surface area contributed by atoms with E-state index in [4.69, 9.17) is 5.73 Å². The first-order chi connectivity index (χ1) is 7.83. The van der Waals surface area contributed by atoms with E-state index in [-0.39, 0.29) is 12.3 Å². The largest absolute Gasteiger partial charge is 0.398 e.